The highest BCUT2D eigenvalue weighted by molar-refractivity contribution is 5.23. The lowest BCUT2D eigenvalue weighted by Gasteiger charge is -2.08. The van der Waals surface area contributed by atoms with Gasteiger partial charge in [-0.25, -0.2) is 0 Å². The molecule has 0 aromatic heterocycles. The second-order valence-corrected chi connectivity index (χ2v) is 3.67. The van der Waals surface area contributed by atoms with Gasteiger partial charge >= 0.3 is 0 Å². The largest absolute Gasteiger partial charge is 0.396 e. The number of aliphatic hydroxyl groups excluding tert-OH is 1. The monoisotopic (exact) mass is 178 g/mol. The average molecular weight is 178 g/mol. The first kappa shape index (κ1) is 10.3. The van der Waals surface area contributed by atoms with E-state index in [9.17, 15) is 0 Å². The molecule has 0 aliphatic heterocycles. The van der Waals surface area contributed by atoms with E-state index in [4.69, 9.17) is 5.11 Å². The Kier molecular flexibility index (Phi) is 3.97. The minimum atomic E-state index is 0.274. The maximum atomic E-state index is 8.92. The third-order valence-corrected chi connectivity index (χ3v) is 2.30. The molecule has 1 rings (SSSR count). The van der Waals surface area contributed by atoms with Gasteiger partial charge in [0, 0.05) is 6.61 Å². The Morgan fingerprint density at radius 3 is 2.62 bits per heavy atom. The van der Waals surface area contributed by atoms with Crippen molar-refractivity contribution in [2.45, 2.75) is 26.7 Å². The van der Waals surface area contributed by atoms with Crippen molar-refractivity contribution in [3.05, 3.63) is 35.4 Å². The molecule has 0 aliphatic carbocycles. The van der Waals surface area contributed by atoms with E-state index in [1.54, 1.807) is 0 Å². The SMILES string of the molecule is CCc1cccc(CC(C)CO)c1. The molecule has 72 valence electrons. The molecule has 1 aromatic carbocycles. The van der Waals surface area contributed by atoms with Crippen molar-refractivity contribution in [3.63, 3.8) is 0 Å². The zero-order valence-corrected chi connectivity index (χ0v) is 8.46. The molecule has 0 fully saturated rings. The fourth-order valence-corrected chi connectivity index (χ4v) is 1.44. The van der Waals surface area contributed by atoms with E-state index in [0.29, 0.717) is 5.92 Å². The van der Waals surface area contributed by atoms with Crippen molar-refractivity contribution in [1.82, 2.24) is 0 Å². The van der Waals surface area contributed by atoms with Crippen LogP contribution in [0.1, 0.15) is 25.0 Å². The van der Waals surface area contributed by atoms with E-state index in [1.165, 1.54) is 11.1 Å². The highest BCUT2D eigenvalue weighted by atomic mass is 16.3. The van der Waals surface area contributed by atoms with Crippen LogP contribution in [0.25, 0.3) is 0 Å². The van der Waals surface area contributed by atoms with Gasteiger partial charge in [0.2, 0.25) is 0 Å². The summed E-state index contributed by atoms with van der Waals surface area (Å²) in [5.41, 5.74) is 2.71. The second-order valence-electron chi connectivity index (χ2n) is 3.67. The van der Waals surface area contributed by atoms with Crippen molar-refractivity contribution < 1.29 is 5.11 Å². The third-order valence-electron chi connectivity index (χ3n) is 2.30. The first-order valence-corrected chi connectivity index (χ1v) is 4.95. The predicted octanol–water partition coefficient (Wildman–Crippen LogP) is 2.42. The number of rotatable bonds is 4. The van der Waals surface area contributed by atoms with E-state index < -0.39 is 0 Å². The molecule has 0 heterocycles. The molecule has 1 atom stereocenters. The Labute approximate surface area is 80.4 Å². The normalized spacial score (nSPS) is 12.8. The molecule has 0 saturated heterocycles. The average Bonchev–Trinajstić information content (AvgIpc) is 2.18. The molecule has 0 bridgehead atoms. The second kappa shape index (κ2) is 5.03. The number of benzene rings is 1. The van der Waals surface area contributed by atoms with Gasteiger partial charge in [-0.05, 0) is 29.9 Å². The minimum Gasteiger partial charge on any atom is -0.396 e. The number of hydrogen-bond acceptors (Lipinski definition) is 1. The van der Waals surface area contributed by atoms with Crippen LogP contribution in [-0.4, -0.2) is 11.7 Å². The summed E-state index contributed by atoms with van der Waals surface area (Å²) in [6.07, 6.45) is 2.06. The summed E-state index contributed by atoms with van der Waals surface area (Å²) in [4.78, 5) is 0. The van der Waals surface area contributed by atoms with Crippen LogP contribution in [0.15, 0.2) is 24.3 Å². The lowest BCUT2D eigenvalue weighted by atomic mass is 10.00. The van der Waals surface area contributed by atoms with Gasteiger partial charge < -0.3 is 5.11 Å². The molecule has 1 unspecified atom stereocenters. The van der Waals surface area contributed by atoms with E-state index in [2.05, 4.69) is 38.1 Å². The van der Waals surface area contributed by atoms with E-state index in [0.717, 1.165) is 12.8 Å². The van der Waals surface area contributed by atoms with Crippen LogP contribution in [0.3, 0.4) is 0 Å². The van der Waals surface area contributed by atoms with Gasteiger partial charge in [0.25, 0.3) is 0 Å². The highest BCUT2D eigenvalue weighted by Crippen LogP contribution is 2.10. The highest BCUT2D eigenvalue weighted by Gasteiger charge is 2.01. The quantitative estimate of drug-likeness (QED) is 0.750. The molecular formula is C12H18O. The summed E-state index contributed by atoms with van der Waals surface area (Å²) in [5, 5.41) is 8.92. The summed E-state index contributed by atoms with van der Waals surface area (Å²) in [7, 11) is 0. The minimum absolute atomic E-state index is 0.274. The van der Waals surface area contributed by atoms with Crippen molar-refractivity contribution >= 4 is 0 Å². The van der Waals surface area contributed by atoms with Crippen molar-refractivity contribution in [2.24, 2.45) is 5.92 Å². The first-order chi connectivity index (χ1) is 6.26. The lowest BCUT2D eigenvalue weighted by Crippen LogP contribution is -2.04. The molecule has 0 aliphatic rings. The lowest BCUT2D eigenvalue weighted by molar-refractivity contribution is 0.237. The molecule has 1 aromatic rings. The van der Waals surface area contributed by atoms with Crippen molar-refractivity contribution in [2.75, 3.05) is 6.61 Å². The molecule has 0 amide bonds. The van der Waals surface area contributed by atoms with Gasteiger partial charge in [0.1, 0.15) is 0 Å². The van der Waals surface area contributed by atoms with Crippen molar-refractivity contribution in [1.29, 1.82) is 0 Å². The number of aryl methyl sites for hydroxylation is 1. The van der Waals surface area contributed by atoms with Gasteiger partial charge in [-0.15, -0.1) is 0 Å². The fraction of sp³-hybridized carbons (Fsp3) is 0.500. The van der Waals surface area contributed by atoms with Crippen molar-refractivity contribution in [3.8, 4) is 0 Å². The standard InChI is InChI=1S/C12H18O/c1-3-11-5-4-6-12(8-11)7-10(2)9-13/h4-6,8,10,13H,3,7,9H2,1-2H3. The van der Waals surface area contributed by atoms with Gasteiger partial charge in [-0.1, -0.05) is 38.1 Å². The number of aliphatic hydroxyl groups is 1. The van der Waals surface area contributed by atoms with Gasteiger partial charge in [-0.2, -0.15) is 0 Å². The van der Waals surface area contributed by atoms with Crippen LogP contribution >= 0.6 is 0 Å². The van der Waals surface area contributed by atoms with E-state index in [1.807, 2.05) is 0 Å². The smallest absolute Gasteiger partial charge is 0.0459 e. The molecule has 13 heavy (non-hydrogen) atoms. The summed E-state index contributed by atoms with van der Waals surface area (Å²) < 4.78 is 0. The Hall–Kier alpha value is -0.820. The van der Waals surface area contributed by atoms with Crippen LogP contribution < -0.4 is 0 Å². The van der Waals surface area contributed by atoms with Gasteiger partial charge in [0.15, 0.2) is 0 Å². The van der Waals surface area contributed by atoms with Crippen LogP contribution in [0.2, 0.25) is 0 Å². The zero-order chi connectivity index (χ0) is 9.68. The molecule has 0 radical (unpaired) electrons. The molecule has 1 nitrogen and oxygen atoms in total. The number of hydrogen-bond donors (Lipinski definition) is 1. The molecule has 1 heteroatoms. The Balaban J connectivity index is 2.66. The van der Waals surface area contributed by atoms with E-state index in [-0.39, 0.29) is 6.61 Å². The van der Waals surface area contributed by atoms with E-state index >= 15 is 0 Å². The molecule has 1 N–H and O–H groups in total. The van der Waals surface area contributed by atoms with Gasteiger partial charge in [0.05, 0.1) is 0 Å². The van der Waals surface area contributed by atoms with Crippen LogP contribution in [-0.2, 0) is 12.8 Å². The summed E-state index contributed by atoms with van der Waals surface area (Å²) in [6, 6.07) is 8.60. The summed E-state index contributed by atoms with van der Waals surface area (Å²) in [5.74, 6) is 0.368. The molecule has 0 spiro atoms. The first-order valence-electron chi connectivity index (χ1n) is 4.95. The third kappa shape index (κ3) is 3.19. The topological polar surface area (TPSA) is 20.2 Å². The Bertz CT molecular complexity index is 255. The van der Waals surface area contributed by atoms with Crippen LogP contribution in [0.5, 0.6) is 0 Å². The summed E-state index contributed by atoms with van der Waals surface area (Å²) in [6.45, 7) is 4.50. The maximum absolute atomic E-state index is 8.92. The molecule has 0 saturated carbocycles. The van der Waals surface area contributed by atoms with Crippen LogP contribution in [0, 0.1) is 5.92 Å². The fourth-order valence-electron chi connectivity index (χ4n) is 1.44. The zero-order valence-electron chi connectivity index (χ0n) is 8.46. The predicted molar refractivity (Wildman–Crippen MR) is 55.8 cm³/mol. The van der Waals surface area contributed by atoms with Gasteiger partial charge in [-0.3, -0.25) is 0 Å². The van der Waals surface area contributed by atoms with Crippen LogP contribution in [0.4, 0.5) is 0 Å². The summed E-state index contributed by atoms with van der Waals surface area (Å²) >= 11 is 0. The Morgan fingerprint density at radius 2 is 2.00 bits per heavy atom. The maximum Gasteiger partial charge on any atom is 0.0459 e. The Morgan fingerprint density at radius 1 is 1.31 bits per heavy atom. The molecular weight excluding hydrogens is 160 g/mol.